The average Bonchev–Trinajstić information content (AvgIpc) is 2.24. The first-order valence-corrected chi connectivity index (χ1v) is 4.98. The Hall–Kier alpha value is -1.81. The zero-order valence-corrected chi connectivity index (χ0v) is 8.99. The van der Waals surface area contributed by atoms with Crippen molar-refractivity contribution in [3.05, 3.63) is 53.5 Å². The molecule has 0 unspecified atom stereocenters. The normalized spacial score (nSPS) is 12.2. The number of rotatable bonds is 4. The van der Waals surface area contributed by atoms with Crippen molar-refractivity contribution in [1.29, 1.82) is 0 Å². The van der Waals surface area contributed by atoms with Crippen molar-refractivity contribution in [3.8, 4) is 0 Å². The van der Waals surface area contributed by atoms with E-state index < -0.39 is 5.82 Å². The third kappa shape index (κ3) is 3.40. The molecule has 0 aromatic heterocycles. The van der Waals surface area contributed by atoms with Crippen LogP contribution in [0.4, 0.5) is 10.1 Å². The van der Waals surface area contributed by atoms with Crippen LogP contribution in [0.2, 0.25) is 0 Å². The molecule has 16 heavy (non-hydrogen) atoms. The van der Waals surface area contributed by atoms with Crippen LogP contribution in [-0.2, 0) is 6.42 Å². The van der Waals surface area contributed by atoms with Gasteiger partial charge in [-0.05, 0) is 42.0 Å². The fraction of sp³-hybridized carbons (Fsp3) is 0.167. The first kappa shape index (κ1) is 12.3. The lowest BCUT2D eigenvalue weighted by molar-refractivity contribution is 0.630. The van der Waals surface area contributed by atoms with E-state index in [9.17, 15) is 4.39 Å². The molecule has 0 aliphatic rings. The number of nitrogens with two attached hydrogens (primary N) is 3. The zero-order chi connectivity index (χ0) is 12.0. The summed E-state index contributed by atoms with van der Waals surface area (Å²) in [5.74, 6) is -0.402. The van der Waals surface area contributed by atoms with Crippen molar-refractivity contribution < 1.29 is 4.39 Å². The predicted molar refractivity (Wildman–Crippen MR) is 65.0 cm³/mol. The lowest BCUT2D eigenvalue weighted by Gasteiger charge is -2.04. The van der Waals surface area contributed by atoms with E-state index >= 15 is 0 Å². The Balaban J connectivity index is 2.85. The van der Waals surface area contributed by atoms with Crippen molar-refractivity contribution in [2.45, 2.75) is 6.42 Å². The molecular weight excluding hydrogens is 205 g/mol. The van der Waals surface area contributed by atoms with E-state index in [1.807, 2.05) is 6.08 Å². The summed E-state index contributed by atoms with van der Waals surface area (Å²) in [7, 11) is 0. The van der Waals surface area contributed by atoms with Crippen LogP contribution in [-0.4, -0.2) is 6.54 Å². The van der Waals surface area contributed by atoms with Gasteiger partial charge in [0.2, 0.25) is 0 Å². The summed E-state index contributed by atoms with van der Waals surface area (Å²) in [5.41, 5.74) is 18.1. The highest BCUT2D eigenvalue weighted by atomic mass is 19.1. The molecule has 0 radical (unpaired) electrons. The van der Waals surface area contributed by atoms with Crippen LogP contribution in [0.3, 0.4) is 0 Å². The summed E-state index contributed by atoms with van der Waals surface area (Å²) in [5, 5.41) is 0. The van der Waals surface area contributed by atoms with Crippen LogP contribution in [0.1, 0.15) is 5.56 Å². The number of hydrogen-bond acceptors (Lipinski definition) is 3. The summed E-state index contributed by atoms with van der Waals surface area (Å²) in [4.78, 5) is 0. The van der Waals surface area contributed by atoms with Gasteiger partial charge in [-0.3, -0.25) is 0 Å². The molecule has 0 bridgehead atoms. The van der Waals surface area contributed by atoms with E-state index in [2.05, 4.69) is 0 Å². The largest absolute Gasteiger partial charge is 0.405 e. The zero-order valence-electron chi connectivity index (χ0n) is 8.99. The number of halogens is 1. The molecule has 3 nitrogen and oxygen atoms in total. The molecule has 1 rings (SSSR count). The first-order chi connectivity index (χ1) is 7.67. The Morgan fingerprint density at radius 2 is 2.12 bits per heavy atom. The van der Waals surface area contributed by atoms with Gasteiger partial charge in [0.05, 0.1) is 5.69 Å². The Labute approximate surface area is 94.4 Å². The van der Waals surface area contributed by atoms with Crippen LogP contribution in [0, 0.1) is 5.82 Å². The summed E-state index contributed by atoms with van der Waals surface area (Å²) >= 11 is 0. The Bertz CT molecular complexity index is 411. The lowest BCUT2D eigenvalue weighted by Crippen LogP contribution is -1.99. The molecule has 0 saturated carbocycles. The van der Waals surface area contributed by atoms with E-state index in [-0.39, 0.29) is 5.69 Å². The highest BCUT2D eigenvalue weighted by Gasteiger charge is 2.01. The maximum Gasteiger partial charge on any atom is 0.146 e. The third-order valence-corrected chi connectivity index (χ3v) is 2.16. The summed E-state index contributed by atoms with van der Waals surface area (Å²) in [6, 6.07) is 4.76. The van der Waals surface area contributed by atoms with Gasteiger partial charge >= 0.3 is 0 Å². The first-order valence-electron chi connectivity index (χ1n) is 4.98. The summed E-state index contributed by atoms with van der Waals surface area (Å²) in [6.07, 6.45) is 5.62. The maximum atomic E-state index is 13.2. The van der Waals surface area contributed by atoms with Crippen molar-refractivity contribution in [3.63, 3.8) is 0 Å². The number of hydrogen-bond donors (Lipinski definition) is 3. The second-order valence-electron chi connectivity index (χ2n) is 3.41. The highest BCUT2D eigenvalue weighted by Crippen LogP contribution is 2.15. The van der Waals surface area contributed by atoms with E-state index in [1.165, 1.54) is 12.3 Å². The molecule has 0 spiro atoms. The Kier molecular flexibility index (Phi) is 4.54. The minimum Gasteiger partial charge on any atom is -0.405 e. The molecule has 0 heterocycles. The SMILES string of the molecule is N/C=C\C(=C/CN)Cc1ccc(N)c(F)c1. The van der Waals surface area contributed by atoms with Gasteiger partial charge in [-0.2, -0.15) is 0 Å². The molecule has 0 fully saturated rings. The van der Waals surface area contributed by atoms with Crippen molar-refractivity contribution >= 4 is 5.69 Å². The van der Waals surface area contributed by atoms with Crippen molar-refractivity contribution in [2.75, 3.05) is 12.3 Å². The molecule has 0 saturated heterocycles. The molecule has 4 heteroatoms. The van der Waals surface area contributed by atoms with Gasteiger partial charge in [0.25, 0.3) is 0 Å². The molecule has 86 valence electrons. The molecule has 0 atom stereocenters. The fourth-order valence-corrected chi connectivity index (χ4v) is 1.39. The number of anilines is 1. The minimum atomic E-state index is -0.402. The van der Waals surface area contributed by atoms with Crippen LogP contribution >= 0.6 is 0 Å². The van der Waals surface area contributed by atoms with E-state index in [4.69, 9.17) is 17.2 Å². The topological polar surface area (TPSA) is 78.1 Å². The standard InChI is InChI=1S/C12H16FN3/c13-11-8-10(1-2-12(11)16)7-9(3-5-14)4-6-15/h1-5,8H,6-7,14-16H2/b5-3-,9-4+. The minimum absolute atomic E-state index is 0.155. The van der Waals surface area contributed by atoms with Crippen LogP contribution in [0.25, 0.3) is 0 Å². The molecule has 6 N–H and O–H groups in total. The lowest BCUT2D eigenvalue weighted by atomic mass is 10.0. The summed E-state index contributed by atoms with van der Waals surface area (Å²) in [6.45, 7) is 0.428. The smallest absolute Gasteiger partial charge is 0.146 e. The van der Waals surface area contributed by atoms with Crippen LogP contribution in [0.5, 0.6) is 0 Å². The monoisotopic (exact) mass is 221 g/mol. The maximum absolute atomic E-state index is 13.2. The second-order valence-corrected chi connectivity index (χ2v) is 3.41. The Morgan fingerprint density at radius 3 is 2.69 bits per heavy atom. The van der Waals surface area contributed by atoms with Gasteiger partial charge in [0, 0.05) is 6.54 Å². The highest BCUT2D eigenvalue weighted by molar-refractivity contribution is 5.42. The van der Waals surface area contributed by atoms with E-state index in [0.29, 0.717) is 13.0 Å². The molecule has 0 aliphatic carbocycles. The average molecular weight is 221 g/mol. The molecule has 1 aromatic carbocycles. The third-order valence-electron chi connectivity index (χ3n) is 2.16. The van der Waals surface area contributed by atoms with Gasteiger partial charge < -0.3 is 17.2 Å². The van der Waals surface area contributed by atoms with Crippen molar-refractivity contribution in [2.24, 2.45) is 11.5 Å². The van der Waals surface area contributed by atoms with Gasteiger partial charge in [-0.1, -0.05) is 12.1 Å². The Morgan fingerprint density at radius 1 is 1.38 bits per heavy atom. The fourth-order valence-electron chi connectivity index (χ4n) is 1.39. The summed E-state index contributed by atoms with van der Waals surface area (Å²) < 4.78 is 13.2. The second kappa shape index (κ2) is 5.92. The quantitative estimate of drug-likeness (QED) is 0.530. The van der Waals surface area contributed by atoms with Gasteiger partial charge in [0.15, 0.2) is 0 Å². The number of allylic oxidation sites excluding steroid dienone is 2. The number of nitrogen functional groups attached to an aromatic ring is 1. The van der Waals surface area contributed by atoms with E-state index in [1.54, 1.807) is 18.2 Å². The molecular formula is C12H16FN3. The molecule has 1 aromatic rings. The van der Waals surface area contributed by atoms with Gasteiger partial charge in [0.1, 0.15) is 5.82 Å². The van der Waals surface area contributed by atoms with Crippen molar-refractivity contribution in [1.82, 2.24) is 0 Å². The molecule has 0 amide bonds. The van der Waals surface area contributed by atoms with E-state index in [0.717, 1.165) is 11.1 Å². The molecule has 0 aliphatic heterocycles. The van der Waals surface area contributed by atoms with Gasteiger partial charge in [-0.15, -0.1) is 0 Å². The van der Waals surface area contributed by atoms with Gasteiger partial charge in [-0.25, -0.2) is 4.39 Å². The van der Waals surface area contributed by atoms with Crippen LogP contribution < -0.4 is 17.2 Å². The number of benzene rings is 1. The van der Waals surface area contributed by atoms with Crippen LogP contribution in [0.15, 0.2) is 42.1 Å². The predicted octanol–water partition coefficient (Wildman–Crippen LogP) is 1.31.